The van der Waals surface area contributed by atoms with Gasteiger partial charge in [-0.1, -0.05) is 18.2 Å². The van der Waals surface area contributed by atoms with Gasteiger partial charge in [0.25, 0.3) is 5.91 Å². The van der Waals surface area contributed by atoms with E-state index in [1.807, 2.05) is 36.6 Å². The summed E-state index contributed by atoms with van der Waals surface area (Å²) in [5.74, 6) is -2.77. The van der Waals surface area contributed by atoms with Gasteiger partial charge in [-0.25, -0.2) is 13.8 Å². The predicted octanol–water partition coefficient (Wildman–Crippen LogP) is 4.64. The Morgan fingerprint density at radius 2 is 1.97 bits per heavy atom. The Morgan fingerprint density at radius 3 is 2.77 bits per heavy atom. The van der Waals surface area contributed by atoms with Gasteiger partial charge in [0.05, 0.1) is 11.3 Å². The topological polar surface area (TPSA) is 86.9 Å². The fourth-order valence-electron chi connectivity index (χ4n) is 3.29. The lowest BCUT2D eigenvalue weighted by molar-refractivity contribution is -0.116. The van der Waals surface area contributed by atoms with Crippen LogP contribution in [0.3, 0.4) is 0 Å². The highest BCUT2D eigenvalue weighted by Crippen LogP contribution is 2.33. The van der Waals surface area contributed by atoms with Gasteiger partial charge in [-0.15, -0.1) is 11.3 Å². The fraction of sp³-hybridized carbons (Fsp3) is 0.136. The lowest BCUT2D eigenvalue weighted by atomic mass is 10.1. The summed E-state index contributed by atoms with van der Waals surface area (Å²) in [6.07, 6.45) is -0.0183. The molecule has 0 fully saturated rings. The number of aromatic amines is 1. The number of aryl methyl sites for hydroxylation is 1. The summed E-state index contributed by atoms with van der Waals surface area (Å²) in [5.41, 5.74) is 3.47. The van der Waals surface area contributed by atoms with Gasteiger partial charge in [-0.2, -0.15) is 0 Å². The molecule has 0 radical (unpaired) electrons. The molecule has 0 bridgehead atoms. The highest BCUT2D eigenvalue weighted by Gasteiger charge is 2.15. The van der Waals surface area contributed by atoms with Crippen molar-refractivity contribution in [3.05, 3.63) is 70.7 Å². The molecule has 0 aliphatic heterocycles. The van der Waals surface area contributed by atoms with Gasteiger partial charge in [-0.05, 0) is 25.1 Å². The molecule has 6 nitrogen and oxygen atoms in total. The number of benzene rings is 2. The number of halogens is 2. The number of anilines is 1. The average molecular weight is 440 g/mol. The van der Waals surface area contributed by atoms with E-state index in [1.54, 1.807) is 0 Å². The molecule has 0 saturated heterocycles. The lowest BCUT2D eigenvalue weighted by Crippen LogP contribution is -2.28. The van der Waals surface area contributed by atoms with E-state index in [-0.39, 0.29) is 24.4 Å². The number of fused-ring (bicyclic) bond motifs is 1. The first-order valence-corrected chi connectivity index (χ1v) is 10.4. The molecule has 0 atom stereocenters. The molecule has 2 amide bonds. The molecule has 0 aliphatic carbocycles. The van der Waals surface area contributed by atoms with Gasteiger partial charge in [0.2, 0.25) is 5.91 Å². The van der Waals surface area contributed by atoms with Crippen LogP contribution >= 0.6 is 11.3 Å². The van der Waals surface area contributed by atoms with Crippen molar-refractivity contribution in [2.24, 2.45) is 0 Å². The molecule has 0 unspecified atom stereocenters. The maximum atomic E-state index is 13.6. The van der Waals surface area contributed by atoms with E-state index in [9.17, 15) is 18.4 Å². The van der Waals surface area contributed by atoms with E-state index in [0.29, 0.717) is 11.2 Å². The minimum atomic E-state index is -0.954. The molecule has 2 heterocycles. The van der Waals surface area contributed by atoms with Crippen molar-refractivity contribution in [3.63, 3.8) is 0 Å². The summed E-state index contributed by atoms with van der Waals surface area (Å²) in [7, 11) is 0. The summed E-state index contributed by atoms with van der Waals surface area (Å²) < 4.78 is 26.6. The van der Waals surface area contributed by atoms with Gasteiger partial charge in [0.1, 0.15) is 11.6 Å². The number of amides is 2. The number of hydrogen-bond donors (Lipinski definition) is 3. The molecule has 2 aromatic carbocycles. The smallest absolute Gasteiger partial charge is 0.254 e. The highest BCUT2D eigenvalue weighted by molar-refractivity contribution is 7.14. The summed E-state index contributed by atoms with van der Waals surface area (Å²) in [6, 6.07) is 10.6. The van der Waals surface area contributed by atoms with Gasteiger partial charge >= 0.3 is 0 Å². The van der Waals surface area contributed by atoms with E-state index in [2.05, 4.69) is 20.6 Å². The van der Waals surface area contributed by atoms with Crippen molar-refractivity contribution >= 4 is 39.2 Å². The number of rotatable bonds is 6. The number of aromatic nitrogens is 2. The first kappa shape index (κ1) is 20.7. The Morgan fingerprint density at radius 1 is 1.16 bits per heavy atom. The number of H-pyrrole nitrogens is 1. The molecule has 31 heavy (non-hydrogen) atoms. The van der Waals surface area contributed by atoms with Crippen molar-refractivity contribution in [2.75, 3.05) is 11.9 Å². The van der Waals surface area contributed by atoms with E-state index in [1.165, 1.54) is 11.3 Å². The second kappa shape index (κ2) is 8.65. The minimum absolute atomic E-state index is 0.00126. The van der Waals surface area contributed by atoms with E-state index in [0.717, 1.165) is 40.0 Å². The van der Waals surface area contributed by atoms with Crippen LogP contribution < -0.4 is 10.6 Å². The first-order valence-electron chi connectivity index (χ1n) is 9.48. The third kappa shape index (κ3) is 4.46. The van der Waals surface area contributed by atoms with Crippen molar-refractivity contribution in [2.45, 2.75) is 13.3 Å². The molecular weight excluding hydrogens is 422 g/mol. The van der Waals surface area contributed by atoms with Gasteiger partial charge in [-0.3, -0.25) is 9.59 Å². The Hall–Kier alpha value is -3.59. The number of carbonyl (C=O) groups is 2. The fourth-order valence-corrected chi connectivity index (χ4v) is 4.01. The highest BCUT2D eigenvalue weighted by atomic mass is 32.1. The van der Waals surface area contributed by atoms with Gasteiger partial charge in [0.15, 0.2) is 5.13 Å². The van der Waals surface area contributed by atoms with Crippen LogP contribution in [0, 0.1) is 18.6 Å². The molecule has 0 aliphatic rings. The van der Waals surface area contributed by atoms with Crippen LogP contribution in [0.15, 0.2) is 47.8 Å². The monoisotopic (exact) mass is 440 g/mol. The van der Waals surface area contributed by atoms with E-state index < -0.39 is 17.5 Å². The van der Waals surface area contributed by atoms with Crippen LogP contribution in [0.1, 0.15) is 22.5 Å². The Kier molecular flexibility index (Phi) is 5.77. The Balaban J connectivity index is 1.35. The number of nitrogens with one attached hydrogen (secondary N) is 3. The molecule has 4 rings (SSSR count). The molecular formula is C22H18F2N4O2S. The third-order valence-corrected chi connectivity index (χ3v) is 5.47. The zero-order valence-electron chi connectivity index (χ0n) is 16.5. The molecule has 0 spiro atoms. The maximum absolute atomic E-state index is 13.6. The maximum Gasteiger partial charge on any atom is 0.254 e. The molecule has 158 valence electrons. The molecule has 2 aromatic heterocycles. The normalized spacial score (nSPS) is 10.9. The van der Waals surface area contributed by atoms with E-state index in [4.69, 9.17) is 0 Å². The first-order chi connectivity index (χ1) is 14.9. The summed E-state index contributed by atoms with van der Waals surface area (Å²) in [6.45, 7) is 1.97. The van der Waals surface area contributed by atoms with Crippen molar-refractivity contribution in [1.82, 2.24) is 15.3 Å². The SMILES string of the molecule is Cc1[nH]c2ccccc2c1-c1csc(NC(=O)CCNC(=O)c2ccc(F)cc2F)n1. The standard InChI is InChI=1S/C22H18F2N4O2S/c1-12-20(15-4-2-3-5-17(15)26-12)18-11-31-22(27-18)28-19(29)8-9-25-21(30)14-7-6-13(23)10-16(14)24/h2-7,10-11,26H,8-9H2,1H3,(H,25,30)(H,27,28,29). The molecule has 4 aromatic rings. The predicted molar refractivity (Wildman–Crippen MR) is 116 cm³/mol. The zero-order valence-corrected chi connectivity index (χ0v) is 17.3. The van der Waals surface area contributed by atoms with Crippen LogP contribution in [0.25, 0.3) is 22.2 Å². The number of para-hydroxylation sites is 1. The van der Waals surface area contributed by atoms with Crippen LogP contribution in [0.4, 0.5) is 13.9 Å². The lowest BCUT2D eigenvalue weighted by Gasteiger charge is -2.06. The summed E-state index contributed by atoms with van der Waals surface area (Å²) in [4.78, 5) is 32.0. The van der Waals surface area contributed by atoms with Crippen LogP contribution in [-0.2, 0) is 4.79 Å². The van der Waals surface area contributed by atoms with Crippen LogP contribution in [-0.4, -0.2) is 28.3 Å². The van der Waals surface area contributed by atoms with Gasteiger partial charge in [0, 0.05) is 46.6 Å². The zero-order chi connectivity index (χ0) is 22.0. The largest absolute Gasteiger partial charge is 0.358 e. The number of thiazole rings is 1. The summed E-state index contributed by atoms with van der Waals surface area (Å²) in [5, 5.41) is 8.53. The number of hydrogen-bond acceptors (Lipinski definition) is 4. The van der Waals surface area contributed by atoms with Crippen molar-refractivity contribution in [3.8, 4) is 11.3 Å². The Bertz CT molecular complexity index is 1280. The third-order valence-electron chi connectivity index (χ3n) is 4.71. The number of nitrogens with zero attached hydrogens (tertiary/aromatic N) is 1. The minimum Gasteiger partial charge on any atom is -0.358 e. The second-order valence-corrected chi connectivity index (χ2v) is 7.74. The van der Waals surface area contributed by atoms with E-state index >= 15 is 0 Å². The van der Waals surface area contributed by atoms with Crippen LogP contribution in [0.5, 0.6) is 0 Å². The van der Waals surface area contributed by atoms with Crippen LogP contribution in [0.2, 0.25) is 0 Å². The molecule has 3 N–H and O–H groups in total. The van der Waals surface area contributed by atoms with Crippen molar-refractivity contribution < 1.29 is 18.4 Å². The van der Waals surface area contributed by atoms with Gasteiger partial charge < -0.3 is 15.6 Å². The second-order valence-electron chi connectivity index (χ2n) is 6.89. The molecule has 0 saturated carbocycles. The number of carbonyl (C=O) groups excluding carboxylic acids is 2. The quantitative estimate of drug-likeness (QED) is 0.408. The Labute approximate surface area is 180 Å². The summed E-state index contributed by atoms with van der Waals surface area (Å²) >= 11 is 1.30. The average Bonchev–Trinajstić information content (AvgIpc) is 3.30. The van der Waals surface area contributed by atoms with Crippen molar-refractivity contribution in [1.29, 1.82) is 0 Å². The molecule has 9 heteroatoms.